The lowest BCUT2D eigenvalue weighted by atomic mass is 10.1. The maximum absolute atomic E-state index is 11.7. The van der Waals surface area contributed by atoms with Crippen molar-refractivity contribution in [1.82, 2.24) is 4.98 Å². The van der Waals surface area contributed by atoms with Crippen molar-refractivity contribution in [3.63, 3.8) is 0 Å². The molecule has 0 aliphatic rings. The van der Waals surface area contributed by atoms with E-state index in [2.05, 4.69) is 11.9 Å². The summed E-state index contributed by atoms with van der Waals surface area (Å²) in [6.07, 6.45) is 0.963. The molecule has 21 heavy (non-hydrogen) atoms. The fraction of sp³-hybridized carbons (Fsp3) is 0.333. The Balaban J connectivity index is 2.17. The standard InChI is InChI=1S/C15H17NO4S/c1-3-11-4-6-12(7-5-11)15-16-13(10(2)20-15)8-21(19)9-14(17)18/h4-7H,3,8-9H2,1-2H3,(H,17,18)/t21-/m0/s1. The monoisotopic (exact) mass is 307 g/mol. The fourth-order valence-electron chi connectivity index (χ4n) is 1.91. The summed E-state index contributed by atoms with van der Waals surface area (Å²) in [5.74, 6) is -0.327. The molecule has 6 heteroatoms. The highest BCUT2D eigenvalue weighted by atomic mass is 32.2. The van der Waals surface area contributed by atoms with E-state index in [0.717, 1.165) is 12.0 Å². The molecule has 0 amide bonds. The second-order valence-corrected chi connectivity index (χ2v) is 6.15. The highest BCUT2D eigenvalue weighted by Gasteiger charge is 2.15. The molecule has 0 unspecified atom stereocenters. The van der Waals surface area contributed by atoms with Crippen LogP contribution < -0.4 is 0 Å². The van der Waals surface area contributed by atoms with Gasteiger partial charge >= 0.3 is 5.97 Å². The minimum atomic E-state index is -1.48. The van der Waals surface area contributed by atoms with Crippen LogP contribution in [0, 0.1) is 6.92 Å². The van der Waals surface area contributed by atoms with E-state index in [9.17, 15) is 9.00 Å². The SMILES string of the molecule is CCc1ccc(-c2nc(C[S@](=O)CC(=O)O)c(C)o2)cc1. The van der Waals surface area contributed by atoms with Gasteiger partial charge in [-0.05, 0) is 31.0 Å². The zero-order chi connectivity index (χ0) is 15.4. The van der Waals surface area contributed by atoms with Crippen molar-refractivity contribution in [2.75, 3.05) is 5.75 Å². The average Bonchev–Trinajstić information content (AvgIpc) is 2.79. The number of hydrogen-bond acceptors (Lipinski definition) is 4. The predicted octanol–water partition coefficient (Wildman–Crippen LogP) is 2.55. The van der Waals surface area contributed by atoms with Crippen LogP contribution in [-0.4, -0.2) is 26.0 Å². The van der Waals surface area contributed by atoms with Crippen molar-refractivity contribution in [1.29, 1.82) is 0 Å². The Hall–Kier alpha value is -1.95. The second-order valence-electron chi connectivity index (χ2n) is 4.69. The first kappa shape index (κ1) is 15.4. The number of oxazole rings is 1. The number of benzene rings is 1. The molecule has 0 radical (unpaired) electrons. The molecule has 5 nitrogen and oxygen atoms in total. The Morgan fingerprint density at radius 3 is 2.57 bits per heavy atom. The molecule has 1 atom stereocenters. The van der Waals surface area contributed by atoms with Crippen molar-refractivity contribution in [2.45, 2.75) is 26.0 Å². The average molecular weight is 307 g/mol. The lowest BCUT2D eigenvalue weighted by molar-refractivity contribution is -0.133. The van der Waals surface area contributed by atoms with E-state index in [-0.39, 0.29) is 11.5 Å². The van der Waals surface area contributed by atoms with E-state index < -0.39 is 16.8 Å². The molecule has 0 fully saturated rings. The number of carboxylic acid groups (broad SMARTS) is 1. The van der Waals surface area contributed by atoms with Gasteiger partial charge in [-0.15, -0.1) is 0 Å². The molecule has 0 spiro atoms. The normalized spacial score (nSPS) is 12.3. The lowest BCUT2D eigenvalue weighted by Gasteiger charge is -1.98. The number of aromatic nitrogens is 1. The first-order valence-electron chi connectivity index (χ1n) is 6.62. The van der Waals surface area contributed by atoms with E-state index in [1.165, 1.54) is 5.56 Å². The summed E-state index contributed by atoms with van der Waals surface area (Å²) in [5.41, 5.74) is 2.62. The fourth-order valence-corrected chi connectivity index (χ4v) is 2.86. The zero-order valence-electron chi connectivity index (χ0n) is 12.0. The zero-order valence-corrected chi connectivity index (χ0v) is 12.8. The van der Waals surface area contributed by atoms with Crippen LogP contribution in [-0.2, 0) is 27.8 Å². The summed E-state index contributed by atoms with van der Waals surface area (Å²) in [7, 11) is -1.48. The van der Waals surface area contributed by atoms with Gasteiger partial charge in [0.15, 0.2) is 0 Å². The van der Waals surface area contributed by atoms with Crippen molar-refractivity contribution < 1.29 is 18.5 Å². The van der Waals surface area contributed by atoms with Crippen LogP contribution in [0.25, 0.3) is 11.5 Å². The molecule has 0 aliphatic heterocycles. The highest BCUT2D eigenvalue weighted by molar-refractivity contribution is 7.84. The van der Waals surface area contributed by atoms with Gasteiger partial charge in [0.25, 0.3) is 0 Å². The molecular weight excluding hydrogens is 290 g/mol. The molecule has 1 heterocycles. The summed E-state index contributed by atoms with van der Waals surface area (Å²) in [4.78, 5) is 14.9. The van der Waals surface area contributed by atoms with Crippen LogP contribution in [0.3, 0.4) is 0 Å². The van der Waals surface area contributed by atoms with Crippen molar-refractivity contribution in [3.8, 4) is 11.5 Å². The molecule has 112 valence electrons. The number of nitrogens with zero attached hydrogens (tertiary/aromatic N) is 1. The van der Waals surface area contributed by atoms with Crippen molar-refractivity contribution in [3.05, 3.63) is 41.3 Å². The van der Waals surface area contributed by atoms with Gasteiger partial charge in [0.1, 0.15) is 11.5 Å². The van der Waals surface area contributed by atoms with Gasteiger partial charge in [0.2, 0.25) is 5.89 Å². The number of carboxylic acids is 1. The summed E-state index contributed by atoms with van der Waals surface area (Å²) in [6.45, 7) is 3.82. The number of carbonyl (C=O) groups is 1. The van der Waals surface area contributed by atoms with Gasteiger partial charge in [-0.1, -0.05) is 19.1 Å². The van der Waals surface area contributed by atoms with Crippen LogP contribution in [0.4, 0.5) is 0 Å². The molecule has 2 rings (SSSR count). The van der Waals surface area contributed by atoms with Gasteiger partial charge < -0.3 is 9.52 Å². The number of aliphatic carboxylic acids is 1. The van der Waals surface area contributed by atoms with E-state index in [4.69, 9.17) is 9.52 Å². The summed E-state index contributed by atoms with van der Waals surface area (Å²) in [6, 6.07) is 7.89. The molecule has 0 saturated heterocycles. The van der Waals surface area contributed by atoms with Crippen LogP contribution in [0.1, 0.15) is 23.9 Å². The maximum atomic E-state index is 11.7. The van der Waals surface area contributed by atoms with Crippen LogP contribution in [0.15, 0.2) is 28.7 Å². The van der Waals surface area contributed by atoms with Crippen LogP contribution >= 0.6 is 0 Å². The smallest absolute Gasteiger partial charge is 0.316 e. The number of aryl methyl sites for hydroxylation is 2. The molecule has 1 aromatic carbocycles. The summed E-state index contributed by atoms with van der Waals surface area (Å²) >= 11 is 0. The highest BCUT2D eigenvalue weighted by Crippen LogP contribution is 2.23. The van der Waals surface area contributed by atoms with E-state index in [1.807, 2.05) is 24.3 Å². The van der Waals surface area contributed by atoms with E-state index >= 15 is 0 Å². The van der Waals surface area contributed by atoms with Crippen LogP contribution in [0.2, 0.25) is 0 Å². The van der Waals surface area contributed by atoms with Gasteiger partial charge in [0, 0.05) is 16.4 Å². The molecule has 0 bridgehead atoms. The van der Waals surface area contributed by atoms with Gasteiger partial charge in [0.05, 0.1) is 11.4 Å². The molecule has 2 aromatic rings. The van der Waals surface area contributed by atoms with Gasteiger partial charge in [-0.2, -0.15) is 0 Å². The lowest BCUT2D eigenvalue weighted by Crippen LogP contribution is -2.11. The first-order valence-corrected chi connectivity index (χ1v) is 8.10. The molecular formula is C15H17NO4S. The predicted molar refractivity (Wildman–Crippen MR) is 80.4 cm³/mol. The topological polar surface area (TPSA) is 80.4 Å². The minimum absolute atomic E-state index is 0.0919. The Bertz CT molecular complexity index is 661. The van der Waals surface area contributed by atoms with Crippen LogP contribution in [0.5, 0.6) is 0 Å². The second kappa shape index (κ2) is 6.67. The Kier molecular flexibility index (Phi) is 4.90. The van der Waals surface area contributed by atoms with E-state index in [0.29, 0.717) is 17.3 Å². The van der Waals surface area contributed by atoms with Gasteiger partial charge in [-0.25, -0.2) is 4.98 Å². The molecule has 0 aliphatic carbocycles. The van der Waals surface area contributed by atoms with Gasteiger partial charge in [-0.3, -0.25) is 9.00 Å². The Labute approximate surface area is 125 Å². The van der Waals surface area contributed by atoms with Crippen molar-refractivity contribution >= 4 is 16.8 Å². The third-order valence-electron chi connectivity index (χ3n) is 3.08. The number of hydrogen-bond donors (Lipinski definition) is 1. The Morgan fingerprint density at radius 2 is 2.00 bits per heavy atom. The largest absolute Gasteiger partial charge is 0.481 e. The summed E-state index contributed by atoms with van der Waals surface area (Å²) < 4.78 is 17.2. The minimum Gasteiger partial charge on any atom is -0.481 e. The third-order valence-corrected chi connectivity index (χ3v) is 4.25. The number of rotatable bonds is 6. The molecule has 1 N–H and O–H groups in total. The maximum Gasteiger partial charge on any atom is 0.316 e. The molecule has 1 aromatic heterocycles. The third kappa shape index (κ3) is 4.01. The van der Waals surface area contributed by atoms with E-state index in [1.54, 1.807) is 6.92 Å². The first-order chi connectivity index (χ1) is 9.99. The quantitative estimate of drug-likeness (QED) is 0.887. The summed E-state index contributed by atoms with van der Waals surface area (Å²) in [5, 5.41) is 8.63. The Morgan fingerprint density at radius 1 is 1.33 bits per heavy atom. The van der Waals surface area contributed by atoms with Crippen molar-refractivity contribution in [2.24, 2.45) is 0 Å². The molecule has 0 saturated carbocycles.